The summed E-state index contributed by atoms with van der Waals surface area (Å²) in [5.74, 6) is 0.113. The highest BCUT2D eigenvalue weighted by atomic mass is 19.4. The minimum Gasteiger partial charge on any atom is -0.493 e. The van der Waals surface area contributed by atoms with Crippen molar-refractivity contribution in [1.29, 1.82) is 0 Å². The number of hydrogen-bond acceptors (Lipinski definition) is 4. The number of halogens is 3. The van der Waals surface area contributed by atoms with Crippen molar-refractivity contribution in [2.75, 3.05) is 25.2 Å². The number of rotatable bonds is 9. The summed E-state index contributed by atoms with van der Waals surface area (Å²) in [6.45, 7) is 1.17. The highest BCUT2D eigenvalue weighted by Gasteiger charge is 2.29. The molecule has 33 heavy (non-hydrogen) atoms. The molecule has 0 bridgehead atoms. The van der Waals surface area contributed by atoms with Gasteiger partial charge in [-0.2, -0.15) is 13.2 Å². The number of carbonyl (C=O) groups is 2. The molecule has 6 nitrogen and oxygen atoms in total. The van der Waals surface area contributed by atoms with E-state index in [1.54, 1.807) is 17.0 Å². The molecule has 1 saturated heterocycles. The topological polar surface area (TPSA) is 67.9 Å². The van der Waals surface area contributed by atoms with Crippen molar-refractivity contribution in [1.82, 2.24) is 5.32 Å². The standard InChI is InChI=1S/C24H27F3N2O4/c1-16(18-5-3-6-19(14-18)29-12-4-7-23(29)31)28-22(30)11-9-17-8-10-20(21(13-17)32-2)33-15-24(25,26)27/h3,5-6,8,10,13-14,16H,4,7,9,11-12,15H2,1-2H3,(H,28,30). The number of methoxy groups -OCH3 is 1. The molecule has 3 rings (SSSR count). The summed E-state index contributed by atoms with van der Waals surface area (Å²) in [6, 6.07) is 11.9. The lowest BCUT2D eigenvalue weighted by Crippen LogP contribution is -2.27. The number of amides is 2. The normalized spacial score (nSPS) is 14.8. The Morgan fingerprint density at radius 2 is 1.97 bits per heavy atom. The van der Waals surface area contributed by atoms with Gasteiger partial charge in [0, 0.05) is 25.1 Å². The average molecular weight is 464 g/mol. The number of aryl methyl sites for hydroxylation is 1. The molecule has 0 saturated carbocycles. The van der Waals surface area contributed by atoms with E-state index in [0.29, 0.717) is 19.4 Å². The van der Waals surface area contributed by atoms with Crippen molar-refractivity contribution < 1.29 is 32.2 Å². The Labute approximate surface area is 190 Å². The molecule has 1 aliphatic rings. The first-order valence-electron chi connectivity index (χ1n) is 10.7. The summed E-state index contributed by atoms with van der Waals surface area (Å²) >= 11 is 0. The average Bonchev–Trinajstić information content (AvgIpc) is 3.21. The van der Waals surface area contributed by atoms with Crippen molar-refractivity contribution in [3.63, 3.8) is 0 Å². The second-order valence-corrected chi connectivity index (χ2v) is 7.92. The smallest absolute Gasteiger partial charge is 0.422 e. The molecule has 1 atom stereocenters. The first kappa shape index (κ1) is 24.4. The lowest BCUT2D eigenvalue weighted by molar-refractivity contribution is -0.153. The summed E-state index contributed by atoms with van der Waals surface area (Å²) < 4.78 is 47.0. The fraction of sp³-hybridized carbons (Fsp3) is 0.417. The van der Waals surface area contributed by atoms with E-state index in [-0.39, 0.29) is 35.8 Å². The zero-order chi connectivity index (χ0) is 24.0. The molecule has 1 aliphatic heterocycles. The molecule has 9 heteroatoms. The van der Waals surface area contributed by atoms with E-state index < -0.39 is 12.8 Å². The molecule has 0 spiro atoms. The number of hydrogen-bond donors (Lipinski definition) is 1. The van der Waals surface area contributed by atoms with E-state index >= 15 is 0 Å². The maximum atomic E-state index is 12.5. The van der Waals surface area contributed by atoms with E-state index in [1.165, 1.54) is 13.2 Å². The van der Waals surface area contributed by atoms with Gasteiger partial charge in [-0.05, 0) is 55.2 Å². The Hall–Kier alpha value is -3.23. The molecular weight excluding hydrogens is 437 g/mol. The van der Waals surface area contributed by atoms with Crippen LogP contribution in [-0.2, 0) is 16.0 Å². The number of carbonyl (C=O) groups excluding carboxylic acids is 2. The van der Waals surface area contributed by atoms with Crippen molar-refractivity contribution in [3.8, 4) is 11.5 Å². The monoisotopic (exact) mass is 464 g/mol. The molecule has 1 fully saturated rings. The number of nitrogens with one attached hydrogen (secondary N) is 1. The Balaban J connectivity index is 1.55. The number of alkyl halides is 3. The predicted octanol–water partition coefficient (Wildman–Crippen LogP) is 4.57. The zero-order valence-corrected chi connectivity index (χ0v) is 18.6. The van der Waals surface area contributed by atoms with Crippen LogP contribution in [-0.4, -0.2) is 38.3 Å². The first-order valence-corrected chi connectivity index (χ1v) is 10.7. The molecule has 1 heterocycles. The number of ether oxygens (including phenoxy) is 2. The van der Waals surface area contributed by atoms with Gasteiger partial charge in [-0.3, -0.25) is 9.59 Å². The summed E-state index contributed by atoms with van der Waals surface area (Å²) in [5, 5.41) is 2.95. The van der Waals surface area contributed by atoms with Crippen LogP contribution in [0.25, 0.3) is 0 Å². The van der Waals surface area contributed by atoms with Crippen molar-refractivity contribution in [3.05, 3.63) is 53.6 Å². The van der Waals surface area contributed by atoms with E-state index in [1.807, 2.05) is 31.2 Å². The van der Waals surface area contributed by atoms with Crippen molar-refractivity contribution in [2.24, 2.45) is 0 Å². The van der Waals surface area contributed by atoms with Gasteiger partial charge in [0.05, 0.1) is 13.2 Å². The summed E-state index contributed by atoms with van der Waals surface area (Å²) in [5.41, 5.74) is 2.47. The maximum absolute atomic E-state index is 12.5. The molecule has 0 radical (unpaired) electrons. The minimum absolute atomic E-state index is 0.00647. The maximum Gasteiger partial charge on any atom is 0.422 e. The first-order chi connectivity index (χ1) is 15.7. The highest BCUT2D eigenvalue weighted by Crippen LogP contribution is 2.30. The zero-order valence-electron chi connectivity index (χ0n) is 18.6. The third kappa shape index (κ3) is 6.87. The van der Waals surface area contributed by atoms with Gasteiger partial charge in [-0.25, -0.2) is 0 Å². The van der Waals surface area contributed by atoms with E-state index in [2.05, 4.69) is 5.32 Å². The Bertz CT molecular complexity index is 994. The lowest BCUT2D eigenvalue weighted by atomic mass is 10.1. The fourth-order valence-corrected chi connectivity index (χ4v) is 3.68. The van der Waals surface area contributed by atoms with Crippen LogP contribution in [0.5, 0.6) is 11.5 Å². The second kappa shape index (κ2) is 10.6. The molecule has 2 aromatic carbocycles. The van der Waals surface area contributed by atoms with Gasteiger partial charge >= 0.3 is 6.18 Å². The second-order valence-electron chi connectivity index (χ2n) is 7.92. The summed E-state index contributed by atoms with van der Waals surface area (Å²) in [6.07, 6.45) is -2.47. The molecule has 1 N–H and O–H groups in total. The Kier molecular flexibility index (Phi) is 7.84. The van der Waals surface area contributed by atoms with Crippen LogP contribution in [0.3, 0.4) is 0 Å². The van der Waals surface area contributed by atoms with Gasteiger partial charge in [0.25, 0.3) is 0 Å². The van der Waals surface area contributed by atoms with Crippen LogP contribution in [0.4, 0.5) is 18.9 Å². The minimum atomic E-state index is -4.44. The quantitative estimate of drug-likeness (QED) is 0.590. The van der Waals surface area contributed by atoms with Gasteiger partial charge in [-0.1, -0.05) is 18.2 Å². The molecule has 1 unspecified atom stereocenters. The molecule has 2 amide bonds. The van der Waals surface area contributed by atoms with E-state index in [9.17, 15) is 22.8 Å². The number of anilines is 1. The van der Waals surface area contributed by atoms with Crippen LogP contribution in [0.1, 0.15) is 43.4 Å². The summed E-state index contributed by atoms with van der Waals surface area (Å²) in [4.78, 5) is 26.2. The van der Waals surface area contributed by atoms with Gasteiger partial charge in [0.2, 0.25) is 11.8 Å². The summed E-state index contributed by atoms with van der Waals surface area (Å²) in [7, 11) is 1.35. The third-order valence-corrected chi connectivity index (χ3v) is 5.39. The van der Waals surface area contributed by atoms with Crippen molar-refractivity contribution >= 4 is 17.5 Å². The molecule has 0 aromatic heterocycles. The van der Waals surface area contributed by atoms with E-state index in [0.717, 1.165) is 23.2 Å². The molecule has 2 aromatic rings. The fourth-order valence-electron chi connectivity index (χ4n) is 3.68. The van der Waals surface area contributed by atoms with Crippen LogP contribution < -0.4 is 19.7 Å². The lowest BCUT2D eigenvalue weighted by Gasteiger charge is -2.19. The van der Waals surface area contributed by atoms with Crippen LogP contribution in [0.15, 0.2) is 42.5 Å². The Morgan fingerprint density at radius 1 is 1.18 bits per heavy atom. The number of nitrogens with zero attached hydrogens (tertiary/aromatic N) is 1. The third-order valence-electron chi connectivity index (χ3n) is 5.39. The van der Waals surface area contributed by atoms with Gasteiger partial charge in [0.1, 0.15) is 0 Å². The van der Waals surface area contributed by atoms with E-state index in [4.69, 9.17) is 9.47 Å². The predicted molar refractivity (Wildman–Crippen MR) is 117 cm³/mol. The number of benzene rings is 2. The molecule has 178 valence electrons. The molecular formula is C24H27F3N2O4. The van der Waals surface area contributed by atoms with Crippen LogP contribution in [0, 0.1) is 0 Å². The Morgan fingerprint density at radius 3 is 2.64 bits per heavy atom. The van der Waals surface area contributed by atoms with Crippen LogP contribution in [0.2, 0.25) is 0 Å². The van der Waals surface area contributed by atoms with Gasteiger partial charge in [0.15, 0.2) is 18.1 Å². The largest absolute Gasteiger partial charge is 0.493 e. The SMILES string of the molecule is COc1cc(CCC(=O)NC(C)c2cccc(N3CCCC3=O)c2)ccc1OCC(F)(F)F. The van der Waals surface area contributed by atoms with Gasteiger partial charge in [-0.15, -0.1) is 0 Å². The van der Waals surface area contributed by atoms with Crippen molar-refractivity contribution in [2.45, 2.75) is 44.8 Å². The molecule has 0 aliphatic carbocycles. The highest BCUT2D eigenvalue weighted by molar-refractivity contribution is 5.95. The van der Waals surface area contributed by atoms with Gasteiger partial charge < -0.3 is 19.7 Å². The van der Waals surface area contributed by atoms with Crippen LogP contribution >= 0.6 is 0 Å².